The third kappa shape index (κ3) is 17.2. The first-order chi connectivity index (χ1) is 75.4. The second kappa shape index (κ2) is 38.1. The quantitative estimate of drug-likeness (QED) is 0.121. The van der Waals surface area contributed by atoms with Crippen molar-refractivity contribution in [3.8, 4) is 112 Å². The first-order valence-corrected chi connectivity index (χ1v) is 47.3. The summed E-state index contributed by atoms with van der Waals surface area (Å²) in [5, 5.41) is 7.94. The topological polar surface area (TPSA) is 150 Å². The van der Waals surface area contributed by atoms with E-state index in [0.29, 0.717) is 111 Å². The van der Waals surface area contributed by atoms with Crippen molar-refractivity contribution < 1.29 is 65.5 Å². The van der Waals surface area contributed by atoms with Crippen LogP contribution in [-0.4, -0.2) is 24.9 Å². The number of fused-ring (bicyclic) bond motifs is 15. The van der Waals surface area contributed by atoms with Crippen LogP contribution in [0.4, 0.5) is 0 Å². The van der Waals surface area contributed by atoms with Gasteiger partial charge in [-0.05, 0) is 256 Å². The number of hydrogen-bond donors (Lipinski definition) is 0. The minimum atomic E-state index is -2.35. The highest BCUT2D eigenvalue weighted by molar-refractivity contribution is 6.15. The Hall–Kier alpha value is -17.3. The third-order valence-corrected chi connectivity index (χ3v) is 27.0. The van der Waals surface area contributed by atoms with Crippen LogP contribution < -0.4 is 22.8 Å². The Morgan fingerprint density at radius 2 is 0.510 bits per heavy atom. The summed E-state index contributed by atoms with van der Waals surface area (Å²) in [6.07, 6.45) is 16.3. The molecule has 10 aromatic carbocycles. The number of benzene rings is 10. The lowest BCUT2D eigenvalue weighted by Gasteiger charge is -2.11. The molecule has 143 heavy (non-hydrogen) atoms. The molecule has 0 bridgehead atoms. The molecule has 15 heterocycles. The number of aryl methyl sites for hydroxylation is 18. The standard InChI is InChI=1S/3C26H23N2O.2C25H21N2O/c2*1-16-13-17(2)24(25-23(16)20-11-8-12-27-26(20)29-25)22-14-21(18(3)15-28(22)4)19-9-6-5-7-10-19;1-16-14-17(2)24(25-23(16)21-11-10-18(3)27-26(21)29-25)22-15-20(12-13-28(22)4)19-8-6-5-7-9-19;1-16-11-12-19-20-10-7-13-26-25(20)28-24(19)23(16)22-14-21(17(2)15-27(22)3)18-8-5-4-6-9-18;1-16-14-17(2)23(24-22(16)20-10-7-12-26-25(20)28-24)21-15-19(11-13-27(21)3)18-8-5-4-6-9-18/h3*5-15H,1-4H3;2*4-15H,1-3H3/q5*+1/i1D3,3D3;;1D3;2D3;1D3. The van der Waals surface area contributed by atoms with Gasteiger partial charge in [0.15, 0.2) is 58.9 Å². The normalized spacial score (nSPS) is 13.4. The van der Waals surface area contributed by atoms with Crippen molar-refractivity contribution in [1.29, 1.82) is 0 Å². The van der Waals surface area contributed by atoms with Crippen molar-refractivity contribution in [3.63, 3.8) is 0 Å². The molecule has 25 aromatic rings. The molecule has 698 valence electrons. The van der Waals surface area contributed by atoms with Crippen molar-refractivity contribution in [3.05, 3.63) is 419 Å². The van der Waals surface area contributed by atoms with Crippen LogP contribution in [0.25, 0.3) is 222 Å². The van der Waals surface area contributed by atoms with Gasteiger partial charge in [0.25, 0.3) is 0 Å². The van der Waals surface area contributed by atoms with Crippen molar-refractivity contribution in [2.45, 2.75) is 89.6 Å². The summed E-state index contributed by atoms with van der Waals surface area (Å²) in [5.74, 6) is 0. The van der Waals surface area contributed by atoms with Gasteiger partial charge in [-0.1, -0.05) is 188 Å². The summed E-state index contributed by atoms with van der Waals surface area (Å²) >= 11 is 0. The van der Waals surface area contributed by atoms with Crippen LogP contribution in [0.3, 0.4) is 0 Å². The highest BCUT2D eigenvalue weighted by Gasteiger charge is 2.31. The van der Waals surface area contributed by atoms with E-state index in [0.717, 1.165) is 139 Å². The molecule has 0 atom stereocenters. The molecular weight excluding hydrogens is 1760 g/mol. The summed E-state index contributed by atoms with van der Waals surface area (Å²) in [4.78, 5) is 22.0. The molecule has 15 aromatic heterocycles. The maximum atomic E-state index is 8.14. The largest absolute Gasteiger partial charge is 0.437 e. The van der Waals surface area contributed by atoms with Crippen LogP contribution in [0.1, 0.15) is 93.0 Å². The SMILES string of the molecule is Cc1c[n+](C)c(-c2c(C)cc(C)c3c2oc2ncccc23)cc1-c1ccccc1.[2H]C([2H])([2H])c1c[n+](C)c(-c2c(C)cc(C([2H])([2H])[2H])c3c2oc2ncccc23)cc1-c1ccccc1.[2H]C([2H])([2H])c1c[n+](C)c(-c2c(C)ccc3c2oc2ncccc23)cc1-c1ccccc1.[2H]C([2H])([2H])c1cc(C)c(-c2cc(-c3ccccc3)cc[n+]2C)c2oc3nc(C)ccc3c12.[2H]C([2H])([2H])c1cc(C)c(-c2cc(-c3ccccc3)cc[n+]2C)c2oc3ncccc3c12. The van der Waals surface area contributed by atoms with Crippen molar-refractivity contribution >= 4 is 110 Å². The Labute approximate surface area is 852 Å². The minimum absolute atomic E-state index is 0.200. The minimum Gasteiger partial charge on any atom is -0.437 e. The first-order valence-electron chi connectivity index (χ1n) is 54.8. The summed E-state index contributed by atoms with van der Waals surface area (Å²) in [6, 6.07) is 94.9. The van der Waals surface area contributed by atoms with Crippen LogP contribution in [0.15, 0.2) is 369 Å². The molecule has 0 aliphatic carbocycles. The van der Waals surface area contributed by atoms with E-state index in [9.17, 15) is 0 Å². The van der Waals surface area contributed by atoms with E-state index < -0.39 is 34.3 Å². The second-order valence-corrected chi connectivity index (χ2v) is 36.6. The van der Waals surface area contributed by atoms with Crippen LogP contribution in [0.5, 0.6) is 0 Å². The zero-order valence-electron chi connectivity index (χ0n) is 96.4. The molecule has 0 N–H and O–H groups in total. The van der Waals surface area contributed by atoms with Gasteiger partial charge >= 0.3 is 0 Å². The van der Waals surface area contributed by atoms with E-state index in [1.165, 1.54) is 27.8 Å². The predicted octanol–water partition coefficient (Wildman–Crippen LogP) is 29.7. The number of hydrogen-bond acceptors (Lipinski definition) is 10. The highest BCUT2D eigenvalue weighted by atomic mass is 16.4. The molecule has 0 unspecified atom stereocenters. The van der Waals surface area contributed by atoms with Crippen molar-refractivity contribution in [2.75, 3.05) is 0 Å². The van der Waals surface area contributed by atoms with Gasteiger partial charge in [0, 0.05) is 164 Å². The zero-order chi connectivity index (χ0) is 111. The van der Waals surface area contributed by atoms with Gasteiger partial charge in [0.05, 0.1) is 27.8 Å². The number of furan rings is 5. The van der Waals surface area contributed by atoms with E-state index in [4.69, 9.17) is 42.6 Å². The molecule has 25 rings (SSSR count). The van der Waals surface area contributed by atoms with Crippen LogP contribution >= 0.6 is 0 Å². The Morgan fingerprint density at radius 1 is 0.217 bits per heavy atom. The van der Waals surface area contributed by atoms with Gasteiger partial charge in [-0.3, -0.25) is 0 Å². The lowest BCUT2D eigenvalue weighted by atomic mass is 9.94. The van der Waals surface area contributed by atoms with Crippen molar-refractivity contribution in [2.24, 2.45) is 35.2 Å². The molecule has 0 amide bonds. The molecule has 0 radical (unpaired) electrons. The zero-order valence-corrected chi connectivity index (χ0v) is 81.4. The smallest absolute Gasteiger partial charge is 0.227 e. The number of aromatic nitrogens is 10. The maximum Gasteiger partial charge on any atom is 0.227 e. The van der Waals surface area contributed by atoms with Gasteiger partial charge in [0.1, 0.15) is 35.2 Å². The fourth-order valence-electron chi connectivity index (χ4n) is 20.1. The third-order valence-electron chi connectivity index (χ3n) is 27.0. The highest BCUT2D eigenvalue weighted by Crippen LogP contribution is 2.47. The molecule has 15 heteroatoms. The predicted molar refractivity (Wildman–Crippen MR) is 579 cm³/mol. The molecule has 0 saturated carbocycles. The van der Waals surface area contributed by atoms with Gasteiger partial charge in [-0.15, -0.1) is 0 Å². The number of rotatable bonds is 10. The van der Waals surface area contributed by atoms with E-state index in [1.807, 2.05) is 227 Å². The molecule has 0 saturated heterocycles. The summed E-state index contributed by atoms with van der Waals surface area (Å²) in [5.41, 5.74) is 33.9. The summed E-state index contributed by atoms with van der Waals surface area (Å²) < 4.78 is 163. The molecule has 0 aliphatic rings. The first kappa shape index (κ1) is 75.7. The summed E-state index contributed by atoms with van der Waals surface area (Å²) in [6.45, 7) is 4.67. The maximum absolute atomic E-state index is 8.14. The lowest BCUT2D eigenvalue weighted by molar-refractivity contribution is -0.660. The number of nitrogens with zero attached hydrogens (tertiary/aromatic N) is 10. The van der Waals surface area contributed by atoms with Gasteiger partial charge in [-0.2, -0.15) is 0 Å². The average molecular weight is 1880 g/mol. The van der Waals surface area contributed by atoms with Gasteiger partial charge in [0.2, 0.25) is 57.0 Å². The van der Waals surface area contributed by atoms with Crippen LogP contribution in [-0.2, 0) is 35.2 Å². The monoisotopic (exact) mass is 1880 g/mol. The van der Waals surface area contributed by atoms with Crippen LogP contribution in [0.2, 0.25) is 0 Å². The van der Waals surface area contributed by atoms with Gasteiger partial charge < -0.3 is 22.1 Å². The van der Waals surface area contributed by atoms with E-state index in [2.05, 4.69) is 173 Å². The van der Waals surface area contributed by atoms with E-state index in [-0.39, 0.29) is 16.7 Å². The molecule has 0 fully saturated rings. The summed E-state index contributed by atoms with van der Waals surface area (Å²) in [7, 11) is 9.72. The Morgan fingerprint density at radius 3 is 0.888 bits per heavy atom. The average Bonchev–Trinajstić information content (AvgIpc) is 1.53. The van der Waals surface area contributed by atoms with Crippen LogP contribution in [0, 0.1) is 89.6 Å². The lowest BCUT2D eigenvalue weighted by Crippen LogP contribution is -2.31. The molecule has 0 aliphatic heterocycles. The van der Waals surface area contributed by atoms with E-state index >= 15 is 0 Å². The Kier molecular flexibility index (Phi) is 20.2. The van der Waals surface area contributed by atoms with Gasteiger partial charge in [-0.25, -0.2) is 47.8 Å². The second-order valence-electron chi connectivity index (χ2n) is 36.6. The molecule has 15 nitrogen and oxygen atoms in total. The molecular formula is C128H111N10O5+5. The number of pyridine rings is 10. The van der Waals surface area contributed by atoms with Crippen molar-refractivity contribution in [1.82, 2.24) is 24.9 Å². The fourth-order valence-corrected chi connectivity index (χ4v) is 20.1. The molecule has 0 spiro atoms. The fraction of sp³-hybridized carbons (Fsp3) is 0.141. The Balaban J connectivity index is 0.000000114. The Bertz CT molecular complexity index is 9960. The van der Waals surface area contributed by atoms with E-state index in [1.54, 1.807) is 85.2 Å².